The van der Waals surface area contributed by atoms with Crippen LogP contribution < -0.4 is 10.6 Å². The lowest BCUT2D eigenvalue weighted by Gasteiger charge is -2.30. The number of nitrogens with two attached hydrogens (primary N) is 1. The maximum Gasteiger partial charge on any atom is 0.244 e. The highest BCUT2D eigenvalue weighted by atomic mass is 32.2. The molecule has 1 saturated heterocycles. The van der Waals surface area contributed by atoms with Gasteiger partial charge in [0, 0.05) is 43.3 Å². The van der Waals surface area contributed by atoms with Crippen LogP contribution in [0.15, 0.2) is 23.1 Å². The summed E-state index contributed by atoms with van der Waals surface area (Å²) in [6.45, 7) is 3.58. The minimum atomic E-state index is -0.0489. The van der Waals surface area contributed by atoms with Crippen LogP contribution in [0.3, 0.4) is 0 Å². The lowest BCUT2D eigenvalue weighted by atomic mass is 10.1. The number of carbonyl (C=O) groups is 1. The average Bonchev–Trinajstić information content (AvgIpc) is 2.95. The SMILES string of the molecule is CCSc1cccc(N2CCCC2C(=O)N(C)C)c1CN. The van der Waals surface area contributed by atoms with E-state index in [1.165, 1.54) is 10.5 Å². The molecule has 116 valence electrons. The Bertz CT molecular complexity index is 504. The summed E-state index contributed by atoms with van der Waals surface area (Å²) >= 11 is 1.81. The van der Waals surface area contributed by atoms with Gasteiger partial charge in [-0.25, -0.2) is 0 Å². The van der Waals surface area contributed by atoms with E-state index in [0.717, 1.165) is 30.8 Å². The van der Waals surface area contributed by atoms with E-state index < -0.39 is 0 Å². The van der Waals surface area contributed by atoms with E-state index >= 15 is 0 Å². The standard InChI is InChI=1S/C16H25N3OS/c1-4-21-15-9-5-7-13(12(15)11-17)19-10-6-8-14(19)16(20)18(2)3/h5,7,9,14H,4,6,8,10-11,17H2,1-3H3. The molecule has 0 aromatic heterocycles. The molecule has 0 bridgehead atoms. The van der Waals surface area contributed by atoms with Crippen LogP contribution in [0.5, 0.6) is 0 Å². The number of rotatable bonds is 5. The van der Waals surface area contributed by atoms with Gasteiger partial charge >= 0.3 is 0 Å². The van der Waals surface area contributed by atoms with Crippen molar-refractivity contribution in [2.24, 2.45) is 5.73 Å². The van der Waals surface area contributed by atoms with Gasteiger partial charge in [0.1, 0.15) is 6.04 Å². The molecule has 5 heteroatoms. The topological polar surface area (TPSA) is 49.6 Å². The lowest BCUT2D eigenvalue weighted by Crippen LogP contribution is -2.43. The number of hydrogen-bond acceptors (Lipinski definition) is 4. The summed E-state index contributed by atoms with van der Waals surface area (Å²) in [5.74, 6) is 1.21. The van der Waals surface area contributed by atoms with Gasteiger partial charge in [-0.15, -0.1) is 11.8 Å². The van der Waals surface area contributed by atoms with Crippen molar-refractivity contribution < 1.29 is 4.79 Å². The molecule has 1 unspecified atom stereocenters. The summed E-state index contributed by atoms with van der Waals surface area (Å²) in [5.41, 5.74) is 8.30. The third kappa shape index (κ3) is 3.35. The molecule has 1 aromatic carbocycles. The molecule has 1 aliphatic rings. The van der Waals surface area contributed by atoms with E-state index in [1.54, 1.807) is 4.90 Å². The summed E-state index contributed by atoms with van der Waals surface area (Å²) in [6, 6.07) is 6.25. The minimum absolute atomic E-state index is 0.0489. The maximum absolute atomic E-state index is 12.4. The van der Waals surface area contributed by atoms with Crippen LogP contribution in [0.25, 0.3) is 0 Å². The van der Waals surface area contributed by atoms with Crippen LogP contribution in [0, 0.1) is 0 Å². The molecule has 4 nitrogen and oxygen atoms in total. The highest BCUT2D eigenvalue weighted by Gasteiger charge is 2.33. The molecule has 1 heterocycles. The van der Waals surface area contributed by atoms with Crippen LogP contribution in [-0.4, -0.2) is 43.2 Å². The second kappa shape index (κ2) is 7.18. The predicted octanol–water partition coefficient (Wildman–Crippen LogP) is 2.31. The number of likely N-dealkylation sites (N-methyl/N-ethyl adjacent to an activating group) is 1. The first kappa shape index (κ1) is 16.2. The molecule has 1 fully saturated rings. The largest absolute Gasteiger partial charge is 0.359 e. The van der Waals surface area contributed by atoms with Gasteiger partial charge in [-0.3, -0.25) is 4.79 Å². The molecule has 1 aliphatic heterocycles. The molecule has 0 spiro atoms. The molecule has 0 radical (unpaired) electrons. The van der Waals surface area contributed by atoms with E-state index in [0.29, 0.717) is 6.54 Å². The zero-order chi connectivity index (χ0) is 15.4. The maximum atomic E-state index is 12.4. The highest BCUT2D eigenvalue weighted by Crippen LogP contribution is 2.34. The summed E-state index contributed by atoms with van der Waals surface area (Å²) in [7, 11) is 3.65. The van der Waals surface area contributed by atoms with Crippen molar-refractivity contribution in [1.29, 1.82) is 0 Å². The van der Waals surface area contributed by atoms with E-state index in [2.05, 4.69) is 30.0 Å². The fraction of sp³-hybridized carbons (Fsp3) is 0.562. The number of anilines is 1. The second-order valence-corrected chi connectivity index (χ2v) is 6.78. The lowest BCUT2D eigenvalue weighted by molar-refractivity contribution is -0.129. The monoisotopic (exact) mass is 307 g/mol. The molecular weight excluding hydrogens is 282 g/mol. The van der Waals surface area contributed by atoms with Gasteiger partial charge in [0.25, 0.3) is 0 Å². The molecule has 1 amide bonds. The van der Waals surface area contributed by atoms with Crippen LogP contribution in [0.1, 0.15) is 25.3 Å². The quantitative estimate of drug-likeness (QED) is 0.848. The first-order chi connectivity index (χ1) is 10.1. The van der Waals surface area contributed by atoms with Crippen LogP contribution in [0.2, 0.25) is 0 Å². The van der Waals surface area contributed by atoms with Gasteiger partial charge in [-0.1, -0.05) is 13.0 Å². The zero-order valence-corrected chi connectivity index (χ0v) is 13.9. The minimum Gasteiger partial charge on any atom is -0.359 e. The normalized spacial score (nSPS) is 18.1. The van der Waals surface area contributed by atoms with Crippen molar-refractivity contribution in [1.82, 2.24) is 4.90 Å². The first-order valence-corrected chi connectivity index (χ1v) is 8.51. The third-order valence-electron chi connectivity index (χ3n) is 3.90. The summed E-state index contributed by atoms with van der Waals surface area (Å²) in [5, 5.41) is 0. The Morgan fingerprint density at radius 3 is 2.86 bits per heavy atom. The van der Waals surface area contributed by atoms with Crippen molar-refractivity contribution in [2.75, 3.05) is 31.3 Å². The number of thioether (sulfide) groups is 1. The third-order valence-corrected chi connectivity index (χ3v) is 4.88. The predicted molar refractivity (Wildman–Crippen MR) is 89.8 cm³/mol. The van der Waals surface area contributed by atoms with E-state index in [1.807, 2.05) is 25.9 Å². The molecule has 0 saturated carbocycles. The summed E-state index contributed by atoms with van der Waals surface area (Å²) < 4.78 is 0. The molecule has 1 atom stereocenters. The molecule has 2 rings (SSSR count). The molecule has 2 N–H and O–H groups in total. The Hall–Kier alpha value is -1.20. The van der Waals surface area contributed by atoms with Crippen molar-refractivity contribution in [2.45, 2.75) is 37.2 Å². The number of nitrogens with zero attached hydrogens (tertiary/aromatic N) is 2. The first-order valence-electron chi connectivity index (χ1n) is 7.52. The smallest absolute Gasteiger partial charge is 0.244 e. The molecule has 0 aliphatic carbocycles. The van der Waals surface area contributed by atoms with Crippen molar-refractivity contribution in [3.63, 3.8) is 0 Å². The summed E-state index contributed by atoms with van der Waals surface area (Å²) in [6.07, 6.45) is 1.98. The van der Waals surface area contributed by atoms with Gasteiger partial charge < -0.3 is 15.5 Å². The van der Waals surface area contributed by atoms with E-state index in [-0.39, 0.29) is 11.9 Å². The number of hydrogen-bond donors (Lipinski definition) is 1. The van der Waals surface area contributed by atoms with E-state index in [9.17, 15) is 4.79 Å². The van der Waals surface area contributed by atoms with Crippen molar-refractivity contribution in [3.8, 4) is 0 Å². The van der Waals surface area contributed by atoms with Crippen LogP contribution >= 0.6 is 11.8 Å². The zero-order valence-electron chi connectivity index (χ0n) is 13.1. The second-order valence-electron chi connectivity index (χ2n) is 5.48. The number of amides is 1. The van der Waals surface area contributed by atoms with Gasteiger partial charge in [-0.2, -0.15) is 0 Å². The van der Waals surface area contributed by atoms with Crippen LogP contribution in [-0.2, 0) is 11.3 Å². The Morgan fingerprint density at radius 1 is 1.48 bits per heavy atom. The number of carbonyl (C=O) groups excluding carboxylic acids is 1. The average molecular weight is 307 g/mol. The Morgan fingerprint density at radius 2 is 2.24 bits per heavy atom. The fourth-order valence-electron chi connectivity index (χ4n) is 2.93. The Kier molecular flexibility index (Phi) is 5.53. The van der Waals surface area contributed by atoms with Gasteiger partial charge in [0.2, 0.25) is 5.91 Å². The van der Waals surface area contributed by atoms with Crippen LogP contribution in [0.4, 0.5) is 5.69 Å². The number of benzene rings is 1. The molecule has 21 heavy (non-hydrogen) atoms. The van der Waals surface area contributed by atoms with Gasteiger partial charge in [0.15, 0.2) is 0 Å². The van der Waals surface area contributed by atoms with Crippen molar-refractivity contribution >= 4 is 23.4 Å². The molecule has 1 aromatic rings. The fourth-order valence-corrected chi connectivity index (χ4v) is 3.78. The van der Waals surface area contributed by atoms with Crippen molar-refractivity contribution in [3.05, 3.63) is 23.8 Å². The molecular formula is C16H25N3OS. The Labute approximate surface area is 131 Å². The Balaban J connectivity index is 2.36. The summed E-state index contributed by atoms with van der Waals surface area (Å²) in [4.78, 5) is 17.6. The van der Waals surface area contributed by atoms with Gasteiger partial charge in [-0.05, 0) is 30.7 Å². The van der Waals surface area contributed by atoms with Gasteiger partial charge in [0.05, 0.1) is 0 Å². The highest BCUT2D eigenvalue weighted by molar-refractivity contribution is 7.99. The van der Waals surface area contributed by atoms with E-state index in [4.69, 9.17) is 5.73 Å².